The summed E-state index contributed by atoms with van der Waals surface area (Å²) in [4.78, 5) is 53.0. The average molecular weight is 597 g/mol. The monoisotopic (exact) mass is 596 g/mol. The van der Waals surface area contributed by atoms with Crippen molar-refractivity contribution in [2.45, 2.75) is 81.6 Å². The topological polar surface area (TPSA) is 198 Å². The number of anilines is 1. The molecule has 3 amide bonds. The van der Waals surface area contributed by atoms with Crippen molar-refractivity contribution in [3.05, 3.63) is 12.2 Å². The molecule has 3 aliphatic heterocycles. The number of hydrogen-bond donors (Lipinski definition) is 4. The number of piperidine rings is 1. The zero-order valence-electron chi connectivity index (χ0n) is 23.9. The van der Waals surface area contributed by atoms with Gasteiger partial charge < -0.3 is 40.5 Å². The molecule has 0 spiro atoms. The van der Waals surface area contributed by atoms with Crippen LogP contribution in [0.25, 0.3) is 11.2 Å². The molecular weight excluding hydrogens is 560 g/mol. The Hall–Kier alpha value is -4.00. The van der Waals surface area contributed by atoms with E-state index in [4.69, 9.17) is 15.2 Å². The molecule has 15 nitrogen and oxygen atoms in total. The molecule has 2 aromatic rings. The highest BCUT2D eigenvalue weighted by molar-refractivity contribution is 5.83. The number of carbonyl (C=O) groups is 3. The molecule has 4 fully saturated rings. The number of imidazole rings is 1. The Morgan fingerprint density at radius 1 is 1.16 bits per heavy atom. The minimum Gasteiger partial charge on any atom is -0.447 e. The van der Waals surface area contributed by atoms with Crippen LogP contribution in [-0.2, 0) is 19.1 Å². The van der Waals surface area contributed by atoms with Crippen molar-refractivity contribution >= 4 is 34.9 Å². The van der Waals surface area contributed by atoms with E-state index in [0.717, 1.165) is 25.7 Å². The van der Waals surface area contributed by atoms with Crippen LogP contribution < -0.4 is 11.1 Å². The smallest absolute Gasteiger partial charge is 0.409 e. The predicted molar refractivity (Wildman–Crippen MR) is 150 cm³/mol. The first kappa shape index (κ1) is 29.1. The number of nitrogen functional groups attached to an aromatic ring is 1. The van der Waals surface area contributed by atoms with Gasteiger partial charge >= 0.3 is 6.09 Å². The van der Waals surface area contributed by atoms with Crippen LogP contribution in [-0.4, -0.2) is 115 Å². The largest absolute Gasteiger partial charge is 0.447 e. The second-order valence-corrected chi connectivity index (χ2v) is 11.7. The summed E-state index contributed by atoms with van der Waals surface area (Å²) in [5.41, 5.74) is 6.67. The van der Waals surface area contributed by atoms with Crippen LogP contribution in [0.5, 0.6) is 0 Å². The number of aromatic nitrogens is 4. The summed E-state index contributed by atoms with van der Waals surface area (Å²) in [5, 5.41) is 24.0. The van der Waals surface area contributed by atoms with E-state index >= 15 is 0 Å². The summed E-state index contributed by atoms with van der Waals surface area (Å²) in [6.07, 6.45) is 0.931. The van der Waals surface area contributed by atoms with E-state index in [1.54, 1.807) is 16.8 Å². The molecule has 2 aromatic heterocycles. The summed E-state index contributed by atoms with van der Waals surface area (Å²) in [6.45, 7) is 1.34. The Morgan fingerprint density at radius 2 is 1.93 bits per heavy atom. The lowest BCUT2D eigenvalue weighted by molar-refractivity contribution is -0.137. The lowest BCUT2D eigenvalue weighted by Crippen LogP contribution is -2.43. The molecule has 5 heterocycles. The molecule has 230 valence electrons. The van der Waals surface area contributed by atoms with Crippen LogP contribution in [0.2, 0.25) is 0 Å². The van der Waals surface area contributed by atoms with Gasteiger partial charge in [-0.1, -0.05) is 5.92 Å². The summed E-state index contributed by atoms with van der Waals surface area (Å²) in [5.74, 6) is 6.22. The molecule has 1 saturated carbocycles. The summed E-state index contributed by atoms with van der Waals surface area (Å²) >= 11 is 0. The summed E-state index contributed by atoms with van der Waals surface area (Å²) in [6, 6.07) is 0.0187. The zero-order chi connectivity index (χ0) is 30.2. The predicted octanol–water partition coefficient (Wildman–Crippen LogP) is -0.483. The van der Waals surface area contributed by atoms with Crippen molar-refractivity contribution in [2.24, 2.45) is 5.92 Å². The minimum atomic E-state index is -1.42. The number of nitrogens with two attached hydrogens (primary N) is 1. The SMILES string of the molecule is CN1C(=O)CCC1COC(=O)N1CCC(CC#Cc2nc(N)c3ncn([C@@H]4O[C@H](C(=O)NC5CC5)C(O)[C@@H]4O)c3n2)CC1. The summed E-state index contributed by atoms with van der Waals surface area (Å²) in [7, 11) is 1.73. The minimum absolute atomic E-state index is 0.0592. The van der Waals surface area contributed by atoms with E-state index in [9.17, 15) is 24.6 Å². The quantitative estimate of drug-likeness (QED) is 0.314. The number of aliphatic hydroxyl groups excluding tert-OH is 2. The first-order valence-electron chi connectivity index (χ1n) is 14.7. The van der Waals surface area contributed by atoms with Crippen molar-refractivity contribution in [3.8, 4) is 11.8 Å². The summed E-state index contributed by atoms with van der Waals surface area (Å²) < 4.78 is 12.7. The highest BCUT2D eigenvalue weighted by atomic mass is 16.6. The molecule has 4 aliphatic rings. The van der Waals surface area contributed by atoms with Crippen LogP contribution in [0, 0.1) is 17.8 Å². The van der Waals surface area contributed by atoms with Crippen molar-refractivity contribution < 1.29 is 34.1 Å². The molecule has 0 aromatic carbocycles. The first-order valence-corrected chi connectivity index (χ1v) is 14.7. The second kappa shape index (κ2) is 11.9. The standard InChI is InChI=1S/C28H36N8O7/c1-34-17(7-8-19(34)37)13-42-28(41)35-11-9-15(10-12-35)3-2-4-18-32-24(29)20-25(33-18)36(14-30-20)27-22(39)21(38)23(43-27)26(40)31-16-5-6-16/h14-17,21-23,27,38-39H,3,5-13H2,1H3,(H,31,40)(H2,29,32,33)/t17?,21?,22-,23-,27+/m0/s1. The van der Waals surface area contributed by atoms with Crippen LogP contribution in [0.15, 0.2) is 6.33 Å². The molecule has 0 bridgehead atoms. The number of nitrogens with one attached hydrogen (secondary N) is 1. The maximum absolute atomic E-state index is 12.5. The van der Waals surface area contributed by atoms with E-state index in [-0.39, 0.29) is 59.4 Å². The zero-order valence-corrected chi connectivity index (χ0v) is 23.9. The first-order chi connectivity index (χ1) is 20.7. The number of rotatable bonds is 6. The lowest BCUT2D eigenvalue weighted by Gasteiger charge is -2.31. The fraction of sp³-hybridized carbons (Fsp3) is 0.643. The van der Waals surface area contributed by atoms with Gasteiger partial charge in [0.1, 0.15) is 24.3 Å². The number of nitrogens with zero attached hydrogens (tertiary/aromatic N) is 6. The lowest BCUT2D eigenvalue weighted by atomic mass is 9.94. The molecular formula is C28H36N8O7. The number of carbonyl (C=O) groups excluding carboxylic acids is 3. The Bertz CT molecular complexity index is 1460. The van der Waals surface area contributed by atoms with Gasteiger partial charge in [-0.05, 0) is 43.9 Å². The Morgan fingerprint density at radius 3 is 2.63 bits per heavy atom. The van der Waals surface area contributed by atoms with Gasteiger partial charge in [0.25, 0.3) is 5.91 Å². The molecule has 1 aliphatic carbocycles. The van der Waals surface area contributed by atoms with E-state index in [1.165, 1.54) is 10.9 Å². The Balaban J connectivity index is 1.04. The molecule has 43 heavy (non-hydrogen) atoms. The van der Waals surface area contributed by atoms with Gasteiger partial charge in [-0.25, -0.2) is 19.7 Å². The fourth-order valence-corrected chi connectivity index (χ4v) is 5.71. The van der Waals surface area contributed by atoms with Gasteiger partial charge in [-0.15, -0.1) is 0 Å². The molecule has 0 radical (unpaired) electrons. The molecule has 2 unspecified atom stereocenters. The highest BCUT2D eigenvalue weighted by Gasteiger charge is 2.48. The Kier molecular flexibility index (Phi) is 8.08. The molecule has 15 heteroatoms. The molecule has 5 N–H and O–H groups in total. The highest BCUT2D eigenvalue weighted by Crippen LogP contribution is 2.33. The third-order valence-electron chi connectivity index (χ3n) is 8.64. The van der Waals surface area contributed by atoms with Gasteiger partial charge in [0.05, 0.1) is 12.4 Å². The average Bonchev–Trinajstić information content (AvgIpc) is 3.51. The van der Waals surface area contributed by atoms with Gasteiger partial charge in [0, 0.05) is 39.0 Å². The number of likely N-dealkylation sites (N-methyl/N-ethyl adjacent to an activating group) is 1. The number of amides is 3. The van der Waals surface area contributed by atoms with Crippen molar-refractivity contribution in [2.75, 3.05) is 32.5 Å². The van der Waals surface area contributed by atoms with Gasteiger partial charge in [-0.3, -0.25) is 14.2 Å². The third kappa shape index (κ3) is 6.08. The van der Waals surface area contributed by atoms with E-state index < -0.39 is 30.4 Å². The normalized spacial score (nSPS) is 27.8. The van der Waals surface area contributed by atoms with Crippen molar-refractivity contribution in [3.63, 3.8) is 0 Å². The maximum atomic E-state index is 12.5. The molecule has 5 atom stereocenters. The van der Waals surface area contributed by atoms with E-state index in [0.29, 0.717) is 32.4 Å². The van der Waals surface area contributed by atoms with Crippen LogP contribution in [0.3, 0.4) is 0 Å². The van der Waals surface area contributed by atoms with E-state index in [2.05, 4.69) is 32.1 Å². The van der Waals surface area contributed by atoms with Crippen molar-refractivity contribution in [1.29, 1.82) is 0 Å². The molecule has 6 rings (SSSR count). The number of likely N-dealkylation sites (tertiary alicyclic amines) is 2. The second-order valence-electron chi connectivity index (χ2n) is 11.7. The fourth-order valence-electron chi connectivity index (χ4n) is 5.71. The van der Waals surface area contributed by atoms with Gasteiger partial charge in [-0.2, -0.15) is 0 Å². The van der Waals surface area contributed by atoms with Crippen LogP contribution in [0.1, 0.15) is 57.0 Å². The number of hydrogen-bond acceptors (Lipinski definition) is 11. The van der Waals surface area contributed by atoms with Gasteiger partial charge in [0.15, 0.2) is 23.8 Å². The van der Waals surface area contributed by atoms with E-state index in [1.807, 2.05) is 0 Å². The van der Waals surface area contributed by atoms with Crippen molar-refractivity contribution in [1.82, 2.24) is 34.6 Å². The number of aliphatic hydroxyl groups is 2. The van der Waals surface area contributed by atoms with Gasteiger partial charge in [0.2, 0.25) is 11.7 Å². The molecule has 3 saturated heterocycles. The van der Waals surface area contributed by atoms with Crippen LogP contribution in [0.4, 0.5) is 10.6 Å². The number of ether oxygens (including phenoxy) is 2. The maximum Gasteiger partial charge on any atom is 0.409 e. The Labute approximate surface area is 247 Å². The van der Waals surface area contributed by atoms with Crippen LogP contribution >= 0.6 is 0 Å². The number of fused-ring (bicyclic) bond motifs is 1. The third-order valence-corrected chi connectivity index (χ3v) is 8.64.